The SMILES string of the molecule is [Fe].[Si].[Ti].[V]. The van der Waals surface area contributed by atoms with Gasteiger partial charge in [-0.2, -0.15) is 0 Å². The molecule has 0 aliphatic heterocycles. The van der Waals surface area contributed by atoms with E-state index in [-0.39, 0.29) is 68.3 Å². The first kappa shape index (κ1) is 36.9. The third-order valence-corrected chi connectivity index (χ3v) is 0. The van der Waals surface area contributed by atoms with Gasteiger partial charge in [-0.05, 0) is 0 Å². The first-order valence-electron chi connectivity index (χ1n) is 0. The molecule has 0 saturated heterocycles. The molecule has 0 nitrogen and oxygen atoms in total. The van der Waals surface area contributed by atoms with Crippen LogP contribution in [0.15, 0.2) is 0 Å². The second-order valence-electron chi connectivity index (χ2n) is 0. The summed E-state index contributed by atoms with van der Waals surface area (Å²) in [4.78, 5) is 0. The second kappa shape index (κ2) is 19.8. The van der Waals surface area contributed by atoms with Gasteiger partial charge in [0.25, 0.3) is 0 Å². The summed E-state index contributed by atoms with van der Waals surface area (Å²) in [6.07, 6.45) is 0. The van der Waals surface area contributed by atoms with Crippen LogP contribution in [0.1, 0.15) is 0 Å². The van der Waals surface area contributed by atoms with Gasteiger partial charge in [0, 0.05) is 68.3 Å². The van der Waals surface area contributed by atoms with Crippen molar-refractivity contribution in [2.75, 3.05) is 0 Å². The summed E-state index contributed by atoms with van der Waals surface area (Å²) >= 11 is 0. The zero-order valence-corrected chi connectivity index (χ0v) is 6.86. The summed E-state index contributed by atoms with van der Waals surface area (Å²) in [5.74, 6) is 0. The second-order valence-corrected chi connectivity index (χ2v) is 0. The Balaban J connectivity index is 0. The molecular weight excluding hydrogens is 183 g/mol. The normalized spacial score (nSPS) is 0. The van der Waals surface area contributed by atoms with Gasteiger partial charge in [0.1, 0.15) is 0 Å². The molecular formula is FeSiTiV. The molecule has 21 valence electrons. The van der Waals surface area contributed by atoms with Gasteiger partial charge >= 0.3 is 0 Å². The molecule has 0 aromatic heterocycles. The molecule has 0 bridgehead atoms. The Labute approximate surface area is 67.8 Å². The first-order chi connectivity index (χ1) is 0. The quantitative estimate of drug-likeness (QED) is 0.448. The van der Waals surface area contributed by atoms with Crippen LogP contribution in [-0.4, -0.2) is 11.0 Å². The van der Waals surface area contributed by atoms with E-state index in [0.717, 1.165) is 0 Å². The zero-order chi connectivity index (χ0) is 0. The molecule has 4 heteroatoms. The minimum absolute atomic E-state index is 0. The van der Waals surface area contributed by atoms with Crippen molar-refractivity contribution >= 4 is 11.0 Å². The van der Waals surface area contributed by atoms with E-state index in [4.69, 9.17) is 0 Å². The van der Waals surface area contributed by atoms with Crippen LogP contribution in [0.2, 0.25) is 0 Å². The Kier molecular flexibility index (Phi) is 183. The van der Waals surface area contributed by atoms with Crippen LogP contribution in [0.25, 0.3) is 0 Å². The zero-order valence-electron chi connectivity index (χ0n) is 1.80. The minimum atomic E-state index is 0. The molecule has 0 amide bonds. The summed E-state index contributed by atoms with van der Waals surface area (Å²) in [5, 5.41) is 0. The summed E-state index contributed by atoms with van der Waals surface area (Å²) in [6.45, 7) is 0. The standard InChI is InChI=1S/Fe.Si.Ti.V. The molecule has 0 aliphatic rings. The van der Waals surface area contributed by atoms with Crippen LogP contribution in [0.5, 0.6) is 0 Å². The molecule has 0 heterocycles. The van der Waals surface area contributed by atoms with Crippen molar-refractivity contribution in [2.24, 2.45) is 0 Å². The Hall–Kier alpha value is 2.04. The molecule has 0 fully saturated rings. The molecule has 0 spiro atoms. The van der Waals surface area contributed by atoms with E-state index in [1.807, 2.05) is 0 Å². The number of rotatable bonds is 0. The van der Waals surface area contributed by atoms with E-state index in [1.165, 1.54) is 0 Å². The fourth-order valence-corrected chi connectivity index (χ4v) is 0. The summed E-state index contributed by atoms with van der Waals surface area (Å²) in [5.41, 5.74) is 0. The Morgan fingerprint density at radius 1 is 1.00 bits per heavy atom. The maximum absolute atomic E-state index is 0. The van der Waals surface area contributed by atoms with Gasteiger partial charge in [-0.15, -0.1) is 0 Å². The molecule has 0 saturated carbocycles. The van der Waals surface area contributed by atoms with Crippen LogP contribution in [0, 0.1) is 0 Å². The average Bonchev–Trinajstić information content (AvgIpc) is 0. The van der Waals surface area contributed by atoms with Crippen molar-refractivity contribution in [2.45, 2.75) is 0 Å². The molecule has 0 N–H and O–H groups in total. The van der Waals surface area contributed by atoms with Crippen molar-refractivity contribution in [1.29, 1.82) is 0 Å². The molecule has 0 atom stereocenters. The molecule has 4 heavy (non-hydrogen) atoms. The van der Waals surface area contributed by atoms with Crippen molar-refractivity contribution in [3.8, 4) is 0 Å². The molecule has 0 rings (SSSR count). The monoisotopic (exact) mass is 183 g/mol. The van der Waals surface area contributed by atoms with E-state index in [0.29, 0.717) is 0 Å². The molecule has 0 unspecified atom stereocenters. The minimum Gasteiger partial charge on any atom is 0 e. The fraction of sp³-hybridized carbons (Fsp3) is 0. The van der Waals surface area contributed by atoms with Gasteiger partial charge < -0.3 is 0 Å². The van der Waals surface area contributed by atoms with E-state index in [9.17, 15) is 0 Å². The topological polar surface area (TPSA) is 0 Å². The van der Waals surface area contributed by atoms with Crippen LogP contribution in [0.3, 0.4) is 0 Å². The Morgan fingerprint density at radius 3 is 1.00 bits per heavy atom. The fourth-order valence-electron chi connectivity index (χ4n) is 0. The Bertz CT molecular complexity index is 8.00. The largest absolute Gasteiger partial charge is 0 e. The van der Waals surface area contributed by atoms with Crippen molar-refractivity contribution < 1.29 is 57.3 Å². The predicted molar refractivity (Wildman–Crippen MR) is 5.75 cm³/mol. The van der Waals surface area contributed by atoms with Crippen molar-refractivity contribution in [1.82, 2.24) is 0 Å². The van der Waals surface area contributed by atoms with Crippen molar-refractivity contribution in [3.05, 3.63) is 0 Å². The van der Waals surface area contributed by atoms with Crippen LogP contribution < -0.4 is 0 Å². The molecule has 0 aliphatic carbocycles. The van der Waals surface area contributed by atoms with Gasteiger partial charge in [0.05, 0.1) is 0 Å². The summed E-state index contributed by atoms with van der Waals surface area (Å²) < 4.78 is 0. The molecule has 0 aromatic rings. The van der Waals surface area contributed by atoms with Gasteiger partial charge in [-0.1, -0.05) is 0 Å². The maximum atomic E-state index is 0. The third kappa shape index (κ3) is 8.97. The smallest absolute Gasteiger partial charge is 0 e. The maximum Gasteiger partial charge on any atom is 0 e. The molecule has 5 radical (unpaired) electrons. The van der Waals surface area contributed by atoms with E-state index < -0.39 is 0 Å². The van der Waals surface area contributed by atoms with Gasteiger partial charge in [0.2, 0.25) is 0 Å². The van der Waals surface area contributed by atoms with E-state index in [2.05, 4.69) is 0 Å². The van der Waals surface area contributed by atoms with Gasteiger partial charge in [0.15, 0.2) is 0 Å². The van der Waals surface area contributed by atoms with Gasteiger partial charge in [-0.25, -0.2) is 0 Å². The van der Waals surface area contributed by atoms with Crippen LogP contribution >= 0.6 is 0 Å². The summed E-state index contributed by atoms with van der Waals surface area (Å²) in [7, 11) is 0. The van der Waals surface area contributed by atoms with E-state index >= 15 is 0 Å². The number of hydrogen-bond donors (Lipinski definition) is 0. The first-order valence-corrected chi connectivity index (χ1v) is 0. The van der Waals surface area contributed by atoms with E-state index in [1.54, 1.807) is 0 Å². The number of hydrogen-bond acceptors (Lipinski definition) is 0. The third-order valence-electron chi connectivity index (χ3n) is 0. The molecule has 0 aromatic carbocycles. The van der Waals surface area contributed by atoms with Crippen LogP contribution in [-0.2, 0) is 57.3 Å². The predicted octanol–water partition coefficient (Wildman–Crippen LogP) is -0.388. The van der Waals surface area contributed by atoms with Crippen LogP contribution in [0.4, 0.5) is 0 Å². The average molecular weight is 183 g/mol. The van der Waals surface area contributed by atoms with Gasteiger partial charge in [-0.3, -0.25) is 0 Å². The van der Waals surface area contributed by atoms with Crippen molar-refractivity contribution in [3.63, 3.8) is 0 Å². The summed E-state index contributed by atoms with van der Waals surface area (Å²) in [6, 6.07) is 0. The Morgan fingerprint density at radius 2 is 1.00 bits per heavy atom.